The third kappa shape index (κ3) is 2.41. The van der Waals surface area contributed by atoms with E-state index in [0.717, 1.165) is 35.3 Å². The first-order chi connectivity index (χ1) is 12.1. The van der Waals surface area contributed by atoms with Gasteiger partial charge in [-0.05, 0) is 38.0 Å². The van der Waals surface area contributed by atoms with Gasteiger partial charge in [0.1, 0.15) is 17.9 Å². The number of nitrogens with zero attached hydrogens (tertiary/aromatic N) is 3. The molecule has 1 aliphatic carbocycles. The zero-order chi connectivity index (χ0) is 17.6. The lowest BCUT2D eigenvalue weighted by molar-refractivity contribution is 0.0584. The molecule has 2 heterocycles. The minimum atomic E-state index is -0.223. The molecule has 1 aromatic carbocycles. The van der Waals surface area contributed by atoms with Gasteiger partial charge in [-0.3, -0.25) is 4.79 Å². The molecule has 1 saturated carbocycles. The predicted molar refractivity (Wildman–Crippen MR) is 96.1 cm³/mol. The minimum Gasteiger partial charge on any atom is -0.361 e. The van der Waals surface area contributed by atoms with Gasteiger partial charge >= 0.3 is 0 Å². The second-order valence-electron chi connectivity index (χ2n) is 6.98. The third-order valence-corrected chi connectivity index (χ3v) is 5.66. The Hall–Kier alpha value is -2.74. The van der Waals surface area contributed by atoms with E-state index < -0.39 is 0 Å². The van der Waals surface area contributed by atoms with Gasteiger partial charge in [0, 0.05) is 30.0 Å². The number of carbonyl (C=O) groups is 1. The summed E-state index contributed by atoms with van der Waals surface area (Å²) in [6.45, 7) is 2.01. The van der Waals surface area contributed by atoms with Crippen LogP contribution < -0.4 is 5.32 Å². The van der Waals surface area contributed by atoms with Crippen molar-refractivity contribution in [1.82, 2.24) is 9.47 Å². The fraction of sp³-hybridized carbons (Fsp3) is 0.400. The summed E-state index contributed by atoms with van der Waals surface area (Å²) in [4.78, 5) is 15.3. The largest absolute Gasteiger partial charge is 0.361 e. The van der Waals surface area contributed by atoms with Gasteiger partial charge in [0.2, 0.25) is 0 Å². The molecule has 1 fully saturated rings. The predicted octanol–water partition coefficient (Wildman–Crippen LogP) is 3.71. The van der Waals surface area contributed by atoms with E-state index in [4.69, 9.17) is 0 Å². The molecule has 25 heavy (non-hydrogen) atoms. The van der Waals surface area contributed by atoms with Crippen LogP contribution in [0.5, 0.6) is 0 Å². The van der Waals surface area contributed by atoms with E-state index in [1.807, 2.05) is 53.8 Å². The Morgan fingerprint density at radius 3 is 2.64 bits per heavy atom. The Morgan fingerprint density at radius 1 is 1.24 bits per heavy atom. The van der Waals surface area contributed by atoms with E-state index in [-0.39, 0.29) is 18.1 Å². The monoisotopic (exact) mass is 334 g/mol. The number of hydrogen-bond donors (Lipinski definition) is 1. The lowest BCUT2D eigenvalue weighted by Crippen LogP contribution is -2.48. The van der Waals surface area contributed by atoms with Crippen molar-refractivity contribution in [2.75, 3.05) is 5.32 Å². The molecule has 0 bridgehead atoms. The zero-order valence-corrected chi connectivity index (χ0v) is 14.6. The van der Waals surface area contributed by atoms with Crippen LogP contribution in [0.1, 0.15) is 59.2 Å². The highest BCUT2D eigenvalue weighted by molar-refractivity contribution is 6.02. The molecule has 1 unspecified atom stereocenters. The molecule has 0 spiro atoms. The minimum absolute atomic E-state index is 0.0908. The molecule has 1 aromatic heterocycles. The molecule has 1 aliphatic heterocycles. The van der Waals surface area contributed by atoms with Crippen LogP contribution in [0, 0.1) is 18.3 Å². The molecule has 1 atom stereocenters. The molecular weight excluding hydrogens is 312 g/mol. The number of para-hydroxylation sites is 1. The maximum absolute atomic E-state index is 13.3. The topological polar surface area (TPSA) is 61.1 Å². The molecule has 2 aliphatic rings. The average molecular weight is 334 g/mol. The average Bonchev–Trinajstić information content (AvgIpc) is 3.24. The van der Waals surface area contributed by atoms with Crippen LogP contribution in [0.25, 0.3) is 0 Å². The standard InChI is InChI=1S/C20H22N4O/c1-13-17(11-15(12-21)23(13)2)19-22-18-10-6-5-9-16(18)20(25)24(19)14-7-3-4-8-14/h5-6,9-11,14,19,22H,3-4,7-8H2,1-2H3. The van der Waals surface area contributed by atoms with Crippen molar-refractivity contribution in [2.45, 2.75) is 44.8 Å². The molecule has 2 aromatic rings. The highest BCUT2D eigenvalue weighted by atomic mass is 16.2. The lowest BCUT2D eigenvalue weighted by Gasteiger charge is -2.41. The van der Waals surface area contributed by atoms with Gasteiger partial charge in [-0.15, -0.1) is 0 Å². The summed E-state index contributed by atoms with van der Waals surface area (Å²) in [6, 6.07) is 12.1. The van der Waals surface area contributed by atoms with E-state index >= 15 is 0 Å². The Bertz CT molecular complexity index is 870. The Labute approximate surface area is 147 Å². The quantitative estimate of drug-likeness (QED) is 0.910. The van der Waals surface area contributed by atoms with Crippen molar-refractivity contribution < 1.29 is 4.79 Å². The van der Waals surface area contributed by atoms with Crippen molar-refractivity contribution >= 4 is 11.6 Å². The first-order valence-corrected chi connectivity index (χ1v) is 8.86. The smallest absolute Gasteiger partial charge is 0.258 e. The zero-order valence-electron chi connectivity index (χ0n) is 14.6. The molecule has 128 valence electrons. The number of hydrogen-bond acceptors (Lipinski definition) is 3. The maximum atomic E-state index is 13.3. The second kappa shape index (κ2) is 5.96. The summed E-state index contributed by atoms with van der Waals surface area (Å²) in [5.74, 6) is 0.0908. The normalized spacial score (nSPS) is 20.3. The summed E-state index contributed by atoms with van der Waals surface area (Å²) in [5.41, 5.74) is 4.25. The van der Waals surface area contributed by atoms with E-state index in [1.54, 1.807) is 0 Å². The third-order valence-electron chi connectivity index (χ3n) is 5.66. The number of amides is 1. The first-order valence-electron chi connectivity index (χ1n) is 8.86. The Morgan fingerprint density at radius 2 is 1.96 bits per heavy atom. The van der Waals surface area contributed by atoms with Gasteiger partial charge in [-0.2, -0.15) is 5.26 Å². The number of benzene rings is 1. The number of rotatable bonds is 2. The van der Waals surface area contributed by atoms with Gasteiger partial charge in [0.25, 0.3) is 5.91 Å². The number of nitrogens with one attached hydrogen (secondary N) is 1. The first kappa shape index (κ1) is 15.8. The Balaban J connectivity index is 1.84. The molecular formula is C20H22N4O. The van der Waals surface area contributed by atoms with Gasteiger partial charge < -0.3 is 14.8 Å². The van der Waals surface area contributed by atoms with Crippen LogP contribution in [0.3, 0.4) is 0 Å². The van der Waals surface area contributed by atoms with E-state index in [0.29, 0.717) is 5.69 Å². The van der Waals surface area contributed by atoms with Gasteiger partial charge in [-0.1, -0.05) is 25.0 Å². The molecule has 4 rings (SSSR count). The van der Waals surface area contributed by atoms with Crippen LogP contribution >= 0.6 is 0 Å². The van der Waals surface area contributed by atoms with Crippen LogP contribution in [0.15, 0.2) is 30.3 Å². The number of fused-ring (bicyclic) bond motifs is 1. The summed E-state index contributed by atoms with van der Waals surface area (Å²) in [6.07, 6.45) is 4.20. The summed E-state index contributed by atoms with van der Waals surface area (Å²) in [7, 11) is 1.90. The molecule has 1 N–H and O–H groups in total. The lowest BCUT2D eigenvalue weighted by atomic mass is 10.0. The summed E-state index contributed by atoms with van der Waals surface area (Å²) < 4.78 is 1.90. The van der Waals surface area contributed by atoms with Crippen LogP contribution in [0.2, 0.25) is 0 Å². The number of nitriles is 1. The second-order valence-corrected chi connectivity index (χ2v) is 6.98. The van der Waals surface area contributed by atoms with E-state index in [9.17, 15) is 10.1 Å². The SMILES string of the molecule is Cc1c(C2Nc3ccccc3C(=O)N2C2CCCC2)cc(C#N)n1C. The van der Waals surface area contributed by atoms with Crippen molar-refractivity contribution in [2.24, 2.45) is 7.05 Å². The van der Waals surface area contributed by atoms with Crippen LogP contribution in [-0.4, -0.2) is 21.4 Å². The van der Waals surface area contributed by atoms with Crippen LogP contribution in [-0.2, 0) is 7.05 Å². The molecule has 0 radical (unpaired) electrons. The fourth-order valence-electron chi connectivity index (χ4n) is 4.16. The molecule has 5 heteroatoms. The fourth-order valence-corrected chi connectivity index (χ4v) is 4.16. The summed E-state index contributed by atoms with van der Waals surface area (Å²) in [5, 5.41) is 12.9. The number of aromatic nitrogens is 1. The van der Waals surface area contributed by atoms with E-state index in [2.05, 4.69) is 11.4 Å². The maximum Gasteiger partial charge on any atom is 0.258 e. The van der Waals surface area contributed by atoms with Crippen molar-refractivity contribution in [3.8, 4) is 6.07 Å². The van der Waals surface area contributed by atoms with Gasteiger partial charge in [0.15, 0.2) is 0 Å². The number of anilines is 1. The molecule has 1 amide bonds. The van der Waals surface area contributed by atoms with Crippen LogP contribution in [0.4, 0.5) is 5.69 Å². The Kier molecular flexibility index (Phi) is 3.76. The van der Waals surface area contributed by atoms with Crippen molar-refractivity contribution in [1.29, 1.82) is 5.26 Å². The molecule has 5 nitrogen and oxygen atoms in total. The van der Waals surface area contributed by atoms with Gasteiger partial charge in [0.05, 0.1) is 5.56 Å². The van der Waals surface area contributed by atoms with Gasteiger partial charge in [-0.25, -0.2) is 0 Å². The molecule has 0 saturated heterocycles. The van der Waals surface area contributed by atoms with Crippen molar-refractivity contribution in [3.63, 3.8) is 0 Å². The highest BCUT2D eigenvalue weighted by Crippen LogP contribution is 2.39. The summed E-state index contributed by atoms with van der Waals surface area (Å²) >= 11 is 0. The van der Waals surface area contributed by atoms with E-state index in [1.165, 1.54) is 12.8 Å². The highest BCUT2D eigenvalue weighted by Gasteiger charge is 2.39. The van der Waals surface area contributed by atoms with Crippen molar-refractivity contribution in [3.05, 3.63) is 52.8 Å². The number of carbonyl (C=O) groups excluding carboxylic acids is 1.